The monoisotopic (exact) mass is 305 g/mol. The number of benzene rings is 1. The van der Waals surface area contributed by atoms with Crippen molar-refractivity contribution < 1.29 is 14.7 Å². The fourth-order valence-electron chi connectivity index (χ4n) is 2.85. The summed E-state index contributed by atoms with van der Waals surface area (Å²) in [5.74, 6) is -1.06. The van der Waals surface area contributed by atoms with Crippen LogP contribution in [0.15, 0.2) is 18.2 Å². The number of amides is 1. The van der Waals surface area contributed by atoms with Crippen LogP contribution in [-0.2, 0) is 16.0 Å². The average Bonchev–Trinajstić information content (AvgIpc) is 2.46. The number of rotatable bonds is 6. The van der Waals surface area contributed by atoms with E-state index in [1.807, 2.05) is 6.07 Å². The lowest BCUT2D eigenvalue weighted by Gasteiger charge is -2.36. The first kappa shape index (κ1) is 16.3. The summed E-state index contributed by atoms with van der Waals surface area (Å²) in [5, 5.41) is 8.74. The highest BCUT2D eigenvalue weighted by Gasteiger charge is 2.19. The van der Waals surface area contributed by atoms with E-state index in [1.165, 1.54) is 5.69 Å². The van der Waals surface area contributed by atoms with Gasteiger partial charge in [0.2, 0.25) is 5.91 Å². The molecule has 0 atom stereocenters. The quantitative estimate of drug-likeness (QED) is 0.804. The third kappa shape index (κ3) is 4.46. The molecule has 6 nitrogen and oxygen atoms in total. The highest BCUT2D eigenvalue weighted by Crippen LogP contribution is 2.23. The Bertz CT molecular complexity index is 552. The number of aliphatic carboxylic acids is 1. The minimum atomic E-state index is -0.771. The molecule has 0 radical (unpaired) electrons. The number of nitrogens with two attached hydrogens (primary N) is 1. The summed E-state index contributed by atoms with van der Waals surface area (Å²) in [5.41, 5.74) is 8.61. The second kappa shape index (κ2) is 7.26. The number of primary amides is 1. The van der Waals surface area contributed by atoms with Crippen LogP contribution in [0.5, 0.6) is 0 Å². The summed E-state index contributed by atoms with van der Waals surface area (Å²) in [4.78, 5) is 25.9. The minimum absolute atomic E-state index is 0.157. The van der Waals surface area contributed by atoms with Gasteiger partial charge in [-0.2, -0.15) is 0 Å². The van der Waals surface area contributed by atoms with Gasteiger partial charge in [-0.05, 0) is 30.5 Å². The van der Waals surface area contributed by atoms with Crippen molar-refractivity contribution in [3.8, 4) is 0 Å². The molecule has 1 aliphatic heterocycles. The fourth-order valence-corrected chi connectivity index (χ4v) is 2.85. The van der Waals surface area contributed by atoms with Gasteiger partial charge in [-0.3, -0.25) is 14.5 Å². The normalized spacial score (nSPS) is 15.8. The third-order valence-electron chi connectivity index (χ3n) is 3.98. The molecule has 0 saturated carbocycles. The van der Waals surface area contributed by atoms with E-state index in [4.69, 9.17) is 10.8 Å². The molecular weight excluding hydrogens is 282 g/mol. The Morgan fingerprint density at radius 1 is 1.23 bits per heavy atom. The number of carbonyl (C=O) groups is 2. The van der Waals surface area contributed by atoms with Crippen molar-refractivity contribution in [1.29, 1.82) is 0 Å². The van der Waals surface area contributed by atoms with Crippen molar-refractivity contribution in [3.63, 3.8) is 0 Å². The number of anilines is 1. The van der Waals surface area contributed by atoms with Gasteiger partial charge in [0.25, 0.3) is 0 Å². The number of nitrogens with zero attached hydrogens (tertiary/aromatic N) is 2. The smallest absolute Gasteiger partial charge is 0.303 e. The fraction of sp³-hybridized carbons (Fsp3) is 0.500. The summed E-state index contributed by atoms with van der Waals surface area (Å²) in [6, 6.07) is 6.13. The number of hydrogen-bond donors (Lipinski definition) is 2. The lowest BCUT2D eigenvalue weighted by atomic mass is 10.0. The molecule has 0 spiro atoms. The van der Waals surface area contributed by atoms with Crippen molar-refractivity contribution in [2.24, 2.45) is 5.73 Å². The Hall–Kier alpha value is -2.08. The van der Waals surface area contributed by atoms with Crippen LogP contribution in [0.3, 0.4) is 0 Å². The van der Waals surface area contributed by atoms with E-state index >= 15 is 0 Å². The van der Waals surface area contributed by atoms with Crippen molar-refractivity contribution >= 4 is 17.6 Å². The summed E-state index contributed by atoms with van der Waals surface area (Å²) in [6.45, 7) is 5.74. The first-order chi connectivity index (χ1) is 10.5. The summed E-state index contributed by atoms with van der Waals surface area (Å²) in [7, 11) is 0. The maximum Gasteiger partial charge on any atom is 0.303 e. The van der Waals surface area contributed by atoms with Gasteiger partial charge in [0, 0.05) is 38.3 Å². The first-order valence-corrected chi connectivity index (χ1v) is 7.52. The van der Waals surface area contributed by atoms with Gasteiger partial charge < -0.3 is 15.7 Å². The van der Waals surface area contributed by atoms with Crippen LogP contribution in [0.1, 0.15) is 17.5 Å². The number of carboxylic acids is 1. The second-order valence-electron chi connectivity index (χ2n) is 5.74. The zero-order valence-corrected chi connectivity index (χ0v) is 12.9. The number of piperazine rings is 1. The van der Waals surface area contributed by atoms with Gasteiger partial charge in [0.05, 0.1) is 6.54 Å². The Balaban J connectivity index is 1.96. The van der Waals surface area contributed by atoms with E-state index in [0.29, 0.717) is 13.0 Å². The van der Waals surface area contributed by atoms with Crippen LogP contribution >= 0.6 is 0 Å². The van der Waals surface area contributed by atoms with Gasteiger partial charge in [-0.25, -0.2) is 0 Å². The van der Waals surface area contributed by atoms with Gasteiger partial charge in [-0.15, -0.1) is 0 Å². The number of aryl methyl sites for hydroxylation is 2. The van der Waals surface area contributed by atoms with Crippen LogP contribution in [-0.4, -0.2) is 54.6 Å². The molecule has 2 rings (SSSR count). The maximum atomic E-state index is 10.9. The number of carbonyl (C=O) groups excluding carboxylic acids is 1. The number of carboxylic acid groups (broad SMARTS) is 1. The van der Waals surface area contributed by atoms with Crippen LogP contribution in [0, 0.1) is 6.92 Å². The molecule has 1 fully saturated rings. The molecule has 1 saturated heterocycles. The second-order valence-corrected chi connectivity index (χ2v) is 5.74. The summed E-state index contributed by atoms with van der Waals surface area (Å²) >= 11 is 0. The molecule has 0 bridgehead atoms. The van der Waals surface area contributed by atoms with Crippen molar-refractivity contribution in [2.75, 3.05) is 37.6 Å². The van der Waals surface area contributed by atoms with Crippen molar-refractivity contribution in [1.82, 2.24) is 4.90 Å². The van der Waals surface area contributed by atoms with E-state index in [-0.39, 0.29) is 12.3 Å². The number of hydrogen-bond acceptors (Lipinski definition) is 4. The molecule has 0 aromatic heterocycles. The standard InChI is InChI=1S/C16H23N3O3/c1-12-10-13(3-5-16(21)22)2-4-14(12)19-8-6-18(7-9-19)11-15(17)20/h2,4,10H,3,5-9,11H2,1H3,(H2,17,20)(H,21,22). The molecule has 1 aromatic carbocycles. The van der Waals surface area contributed by atoms with Crippen molar-refractivity contribution in [2.45, 2.75) is 19.8 Å². The van der Waals surface area contributed by atoms with E-state index < -0.39 is 5.97 Å². The highest BCUT2D eigenvalue weighted by molar-refractivity contribution is 5.76. The predicted molar refractivity (Wildman–Crippen MR) is 85.0 cm³/mol. The van der Waals surface area contributed by atoms with Gasteiger partial charge in [-0.1, -0.05) is 12.1 Å². The molecular formula is C16H23N3O3. The molecule has 22 heavy (non-hydrogen) atoms. The topological polar surface area (TPSA) is 86.9 Å². The Morgan fingerprint density at radius 3 is 2.45 bits per heavy atom. The molecule has 0 unspecified atom stereocenters. The molecule has 1 heterocycles. The largest absolute Gasteiger partial charge is 0.481 e. The van der Waals surface area contributed by atoms with Gasteiger partial charge in [0.1, 0.15) is 0 Å². The van der Waals surface area contributed by atoms with E-state index in [2.05, 4.69) is 28.9 Å². The van der Waals surface area contributed by atoms with Crippen molar-refractivity contribution in [3.05, 3.63) is 29.3 Å². The summed E-state index contributed by atoms with van der Waals surface area (Å²) in [6.07, 6.45) is 0.716. The van der Waals surface area contributed by atoms with Crippen LogP contribution in [0.2, 0.25) is 0 Å². The SMILES string of the molecule is Cc1cc(CCC(=O)O)ccc1N1CCN(CC(N)=O)CC1. The Kier molecular flexibility index (Phi) is 5.38. The zero-order chi connectivity index (χ0) is 16.1. The van der Waals surface area contributed by atoms with E-state index in [9.17, 15) is 9.59 Å². The zero-order valence-electron chi connectivity index (χ0n) is 12.9. The van der Waals surface area contributed by atoms with Crippen LogP contribution < -0.4 is 10.6 Å². The van der Waals surface area contributed by atoms with E-state index in [1.54, 1.807) is 0 Å². The first-order valence-electron chi connectivity index (χ1n) is 7.52. The lowest BCUT2D eigenvalue weighted by Crippen LogP contribution is -2.49. The summed E-state index contributed by atoms with van der Waals surface area (Å²) < 4.78 is 0. The molecule has 0 aliphatic carbocycles. The maximum absolute atomic E-state index is 10.9. The lowest BCUT2D eigenvalue weighted by molar-refractivity contribution is -0.137. The molecule has 1 aromatic rings. The van der Waals surface area contributed by atoms with Crippen LogP contribution in [0.25, 0.3) is 0 Å². The predicted octanol–water partition coefficient (Wildman–Crippen LogP) is 0.620. The van der Waals surface area contributed by atoms with E-state index in [0.717, 1.165) is 37.3 Å². The van der Waals surface area contributed by atoms with Gasteiger partial charge in [0.15, 0.2) is 0 Å². The van der Waals surface area contributed by atoms with Crippen LogP contribution in [0.4, 0.5) is 5.69 Å². The third-order valence-corrected chi connectivity index (χ3v) is 3.98. The average molecular weight is 305 g/mol. The Labute approximate surface area is 130 Å². The highest BCUT2D eigenvalue weighted by atomic mass is 16.4. The molecule has 1 amide bonds. The van der Waals surface area contributed by atoms with Gasteiger partial charge >= 0.3 is 5.97 Å². The molecule has 120 valence electrons. The molecule has 1 aliphatic rings. The Morgan fingerprint density at radius 2 is 1.91 bits per heavy atom. The minimum Gasteiger partial charge on any atom is -0.481 e. The molecule has 3 N–H and O–H groups in total. The molecule has 6 heteroatoms.